The third-order valence-corrected chi connectivity index (χ3v) is 4.57. The van der Waals surface area contributed by atoms with Crippen LogP contribution in [0.25, 0.3) is 0 Å². The molecule has 94 valence electrons. The van der Waals surface area contributed by atoms with E-state index in [1.165, 1.54) is 25.7 Å². The molecule has 0 aromatic carbocycles. The summed E-state index contributed by atoms with van der Waals surface area (Å²) in [5.74, 6) is 1.70. The fraction of sp³-hybridized carbons (Fsp3) is 0.667. The Morgan fingerprint density at radius 1 is 1.35 bits per heavy atom. The Morgan fingerprint density at radius 3 is 2.59 bits per heavy atom. The molecule has 0 saturated heterocycles. The van der Waals surface area contributed by atoms with Crippen molar-refractivity contribution in [2.45, 2.75) is 32.6 Å². The number of nitrogens with zero attached hydrogens (tertiary/aromatic N) is 2. The fourth-order valence-corrected chi connectivity index (χ4v) is 2.81. The van der Waals surface area contributed by atoms with Crippen LogP contribution in [0.3, 0.4) is 0 Å². The van der Waals surface area contributed by atoms with E-state index in [2.05, 4.69) is 43.5 Å². The summed E-state index contributed by atoms with van der Waals surface area (Å²) in [7, 11) is 1.86. The number of aromatic nitrogens is 2. The molecule has 0 amide bonds. The number of rotatable bonds is 5. The van der Waals surface area contributed by atoms with Crippen LogP contribution < -0.4 is 10.6 Å². The highest BCUT2D eigenvalue weighted by Gasteiger charge is 2.34. The van der Waals surface area contributed by atoms with Crippen LogP contribution >= 0.6 is 15.9 Å². The molecule has 1 aromatic rings. The largest absolute Gasteiger partial charge is 0.372 e. The first-order valence-electron chi connectivity index (χ1n) is 6.13. The summed E-state index contributed by atoms with van der Waals surface area (Å²) in [6.07, 6.45) is 6.85. The summed E-state index contributed by atoms with van der Waals surface area (Å²) < 4.78 is 0.910. The third-order valence-electron chi connectivity index (χ3n) is 3.82. The molecular formula is C12H19BrN4. The van der Waals surface area contributed by atoms with Gasteiger partial charge in [0.15, 0.2) is 0 Å². The van der Waals surface area contributed by atoms with E-state index in [0.29, 0.717) is 5.41 Å². The van der Waals surface area contributed by atoms with E-state index < -0.39 is 0 Å². The molecule has 0 bridgehead atoms. The van der Waals surface area contributed by atoms with Crippen molar-refractivity contribution in [2.75, 3.05) is 24.2 Å². The van der Waals surface area contributed by atoms with Gasteiger partial charge in [0.1, 0.15) is 22.4 Å². The van der Waals surface area contributed by atoms with Crippen molar-refractivity contribution in [1.82, 2.24) is 9.97 Å². The molecular weight excluding hydrogens is 280 g/mol. The molecule has 1 heterocycles. The maximum atomic E-state index is 4.27. The maximum Gasteiger partial charge on any atom is 0.145 e. The third kappa shape index (κ3) is 2.54. The molecule has 1 aliphatic carbocycles. The SMILES string of the molecule is CCC1(CNc2ncnc(NC)c2Br)CCC1. The second-order valence-corrected chi connectivity index (χ2v) is 5.49. The van der Waals surface area contributed by atoms with Gasteiger partial charge >= 0.3 is 0 Å². The molecule has 2 N–H and O–H groups in total. The predicted molar refractivity (Wildman–Crippen MR) is 74.3 cm³/mol. The Bertz CT molecular complexity index is 385. The minimum absolute atomic E-state index is 0.490. The van der Waals surface area contributed by atoms with E-state index in [1.807, 2.05) is 7.05 Å². The summed E-state index contributed by atoms with van der Waals surface area (Å²) >= 11 is 3.52. The van der Waals surface area contributed by atoms with Crippen LogP contribution in [0, 0.1) is 5.41 Å². The average Bonchev–Trinajstić information content (AvgIpc) is 2.30. The van der Waals surface area contributed by atoms with Gasteiger partial charge in [-0.2, -0.15) is 0 Å². The van der Waals surface area contributed by atoms with Crippen molar-refractivity contribution in [1.29, 1.82) is 0 Å². The average molecular weight is 299 g/mol. The van der Waals surface area contributed by atoms with Crippen molar-refractivity contribution < 1.29 is 0 Å². The van der Waals surface area contributed by atoms with Crippen LogP contribution in [0.15, 0.2) is 10.8 Å². The van der Waals surface area contributed by atoms with Gasteiger partial charge in [-0.05, 0) is 40.6 Å². The first kappa shape index (κ1) is 12.6. The molecule has 2 rings (SSSR count). The second-order valence-electron chi connectivity index (χ2n) is 4.70. The highest BCUT2D eigenvalue weighted by Crippen LogP contribution is 2.44. The van der Waals surface area contributed by atoms with E-state index in [1.54, 1.807) is 6.33 Å². The summed E-state index contributed by atoms with van der Waals surface area (Å²) in [6, 6.07) is 0. The lowest BCUT2D eigenvalue weighted by Gasteiger charge is -2.41. The Balaban J connectivity index is 2.04. The van der Waals surface area contributed by atoms with Crippen LogP contribution in [0.1, 0.15) is 32.6 Å². The Hall–Kier alpha value is -0.840. The van der Waals surface area contributed by atoms with E-state index in [9.17, 15) is 0 Å². The molecule has 0 spiro atoms. The minimum Gasteiger partial charge on any atom is -0.372 e. The van der Waals surface area contributed by atoms with Crippen LogP contribution in [0.5, 0.6) is 0 Å². The van der Waals surface area contributed by atoms with Gasteiger partial charge in [0.25, 0.3) is 0 Å². The zero-order valence-electron chi connectivity index (χ0n) is 10.4. The van der Waals surface area contributed by atoms with Gasteiger partial charge in [0, 0.05) is 13.6 Å². The molecule has 0 unspecified atom stereocenters. The van der Waals surface area contributed by atoms with Crippen molar-refractivity contribution in [3.63, 3.8) is 0 Å². The molecule has 1 aliphatic rings. The number of hydrogen-bond acceptors (Lipinski definition) is 4. The summed E-state index contributed by atoms with van der Waals surface area (Å²) in [5.41, 5.74) is 0.490. The number of nitrogens with one attached hydrogen (secondary N) is 2. The fourth-order valence-electron chi connectivity index (χ4n) is 2.27. The van der Waals surface area contributed by atoms with Gasteiger partial charge in [-0.1, -0.05) is 13.3 Å². The first-order chi connectivity index (χ1) is 8.21. The quantitative estimate of drug-likeness (QED) is 0.876. The molecule has 5 heteroatoms. The van der Waals surface area contributed by atoms with Gasteiger partial charge in [-0.25, -0.2) is 9.97 Å². The summed E-state index contributed by atoms with van der Waals surface area (Å²) in [5, 5.41) is 6.48. The molecule has 17 heavy (non-hydrogen) atoms. The van der Waals surface area contributed by atoms with Crippen LogP contribution in [0.4, 0.5) is 11.6 Å². The number of anilines is 2. The molecule has 0 atom stereocenters. The van der Waals surface area contributed by atoms with Gasteiger partial charge in [0.05, 0.1) is 0 Å². The smallest absolute Gasteiger partial charge is 0.145 e. The Kier molecular flexibility index (Phi) is 3.86. The molecule has 1 saturated carbocycles. The van der Waals surface area contributed by atoms with Crippen molar-refractivity contribution >= 4 is 27.6 Å². The second kappa shape index (κ2) is 5.21. The topological polar surface area (TPSA) is 49.8 Å². The first-order valence-corrected chi connectivity index (χ1v) is 6.92. The van der Waals surface area contributed by atoms with Gasteiger partial charge in [-0.15, -0.1) is 0 Å². The Labute approximate surface area is 111 Å². The van der Waals surface area contributed by atoms with Crippen LogP contribution in [0.2, 0.25) is 0 Å². The van der Waals surface area contributed by atoms with E-state index in [0.717, 1.165) is 22.7 Å². The van der Waals surface area contributed by atoms with Crippen molar-refractivity contribution in [3.8, 4) is 0 Å². The Morgan fingerprint density at radius 2 is 2.06 bits per heavy atom. The van der Waals surface area contributed by atoms with Crippen LogP contribution in [-0.4, -0.2) is 23.6 Å². The zero-order chi connectivity index (χ0) is 12.3. The zero-order valence-corrected chi connectivity index (χ0v) is 12.0. The van der Waals surface area contributed by atoms with Gasteiger partial charge in [0.2, 0.25) is 0 Å². The lowest BCUT2D eigenvalue weighted by Crippen LogP contribution is -2.36. The molecule has 4 nitrogen and oxygen atoms in total. The standard InChI is InChI=1S/C12H19BrN4/c1-3-12(5-4-6-12)7-15-11-9(13)10(14-2)16-8-17-11/h8H,3-7H2,1-2H3,(H2,14,15,16,17). The van der Waals surface area contributed by atoms with E-state index in [4.69, 9.17) is 0 Å². The highest BCUT2D eigenvalue weighted by molar-refractivity contribution is 9.10. The van der Waals surface area contributed by atoms with Crippen molar-refractivity contribution in [2.24, 2.45) is 5.41 Å². The molecule has 0 radical (unpaired) electrons. The summed E-state index contributed by atoms with van der Waals surface area (Å²) in [6.45, 7) is 3.27. The van der Waals surface area contributed by atoms with E-state index >= 15 is 0 Å². The van der Waals surface area contributed by atoms with Crippen LogP contribution in [-0.2, 0) is 0 Å². The van der Waals surface area contributed by atoms with Gasteiger partial charge < -0.3 is 10.6 Å². The highest BCUT2D eigenvalue weighted by atomic mass is 79.9. The molecule has 0 aliphatic heterocycles. The minimum atomic E-state index is 0.490. The number of hydrogen-bond donors (Lipinski definition) is 2. The lowest BCUT2D eigenvalue weighted by atomic mass is 9.67. The lowest BCUT2D eigenvalue weighted by molar-refractivity contribution is 0.145. The summed E-state index contributed by atoms with van der Waals surface area (Å²) in [4.78, 5) is 8.42. The van der Waals surface area contributed by atoms with Crippen molar-refractivity contribution in [3.05, 3.63) is 10.8 Å². The van der Waals surface area contributed by atoms with Gasteiger partial charge in [-0.3, -0.25) is 0 Å². The number of halogens is 1. The maximum absolute atomic E-state index is 4.27. The normalized spacial score (nSPS) is 17.4. The molecule has 1 aromatic heterocycles. The van der Waals surface area contributed by atoms with E-state index in [-0.39, 0.29) is 0 Å². The monoisotopic (exact) mass is 298 g/mol. The molecule has 1 fully saturated rings. The predicted octanol–water partition coefficient (Wildman–Crippen LogP) is 3.27.